The summed E-state index contributed by atoms with van der Waals surface area (Å²) in [6.07, 6.45) is 2.36. The molecule has 0 aliphatic carbocycles. The summed E-state index contributed by atoms with van der Waals surface area (Å²) in [4.78, 5) is 2.53. The molecule has 1 aromatic rings. The highest BCUT2D eigenvalue weighted by atomic mass is 35.5. The normalized spacial score (nSPS) is 18.9. The number of nitrogens with zero attached hydrogens (tertiary/aromatic N) is 1. The molecule has 1 aromatic carbocycles. The summed E-state index contributed by atoms with van der Waals surface area (Å²) in [6, 6.07) is 5.87. The quantitative estimate of drug-likeness (QED) is 0.885. The Morgan fingerprint density at radius 3 is 2.57 bits per heavy atom. The van der Waals surface area contributed by atoms with Crippen molar-refractivity contribution in [2.24, 2.45) is 5.92 Å². The predicted octanol–water partition coefficient (Wildman–Crippen LogP) is 3.94. The van der Waals surface area contributed by atoms with Crippen molar-refractivity contribution in [3.8, 4) is 0 Å². The van der Waals surface area contributed by atoms with E-state index >= 15 is 0 Å². The molecule has 2 rings (SSSR count). The van der Waals surface area contributed by atoms with Crippen LogP contribution in [0.4, 0.5) is 4.39 Å². The minimum atomic E-state index is -0.0775. The van der Waals surface area contributed by atoms with Gasteiger partial charge in [0.25, 0.3) is 0 Å². The van der Waals surface area contributed by atoms with E-state index in [1.54, 1.807) is 6.07 Å². The number of nitrogens with one attached hydrogen (secondary N) is 1. The summed E-state index contributed by atoms with van der Waals surface area (Å²) >= 11 is 0. The molecule has 120 valence electrons. The van der Waals surface area contributed by atoms with Crippen LogP contribution >= 0.6 is 12.4 Å². The van der Waals surface area contributed by atoms with Crippen molar-refractivity contribution in [2.75, 3.05) is 26.2 Å². The van der Waals surface area contributed by atoms with Gasteiger partial charge in [0.05, 0.1) is 0 Å². The van der Waals surface area contributed by atoms with Gasteiger partial charge in [0, 0.05) is 32.2 Å². The fourth-order valence-corrected chi connectivity index (χ4v) is 3.38. The van der Waals surface area contributed by atoms with Gasteiger partial charge in [-0.2, -0.15) is 0 Å². The van der Waals surface area contributed by atoms with Gasteiger partial charge in [-0.25, -0.2) is 4.39 Å². The third-order valence-electron chi connectivity index (χ3n) is 4.46. The zero-order valence-corrected chi connectivity index (χ0v) is 14.2. The van der Waals surface area contributed by atoms with Crippen molar-refractivity contribution in [1.82, 2.24) is 10.2 Å². The molecule has 2 nitrogen and oxygen atoms in total. The molecule has 0 amide bonds. The summed E-state index contributed by atoms with van der Waals surface area (Å²) in [5, 5.41) is 3.40. The van der Waals surface area contributed by atoms with Crippen LogP contribution in [0.3, 0.4) is 0 Å². The summed E-state index contributed by atoms with van der Waals surface area (Å²) in [5.41, 5.74) is 1.99. The molecule has 1 aliphatic rings. The van der Waals surface area contributed by atoms with Crippen LogP contribution < -0.4 is 5.32 Å². The molecule has 1 unspecified atom stereocenters. The van der Waals surface area contributed by atoms with Crippen LogP contribution in [0.2, 0.25) is 0 Å². The van der Waals surface area contributed by atoms with Gasteiger partial charge in [-0.1, -0.05) is 32.4 Å². The van der Waals surface area contributed by atoms with Crippen LogP contribution in [0.1, 0.15) is 43.9 Å². The van der Waals surface area contributed by atoms with Crippen LogP contribution in [0.25, 0.3) is 0 Å². The highest BCUT2D eigenvalue weighted by Gasteiger charge is 2.28. The van der Waals surface area contributed by atoms with E-state index in [4.69, 9.17) is 0 Å². The average Bonchev–Trinajstić information content (AvgIpc) is 2.45. The highest BCUT2D eigenvalue weighted by Crippen LogP contribution is 2.34. The minimum Gasteiger partial charge on any atom is -0.314 e. The van der Waals surface area contributed by atoms with Gasteiger partial charge < -0.3 is 5.32 Å². The topological polar surface area (TPSA) is 15.3 Å². The van der Waals surface area contributed by atoms with Gasteiger partial charge >= 0.3 is 0 Å². The molecule has 1 N–H and O–H groups in total. The van der Waals surface area contributed by atoms with Crippen LogP contribution in [0, 0.1) is 18.7 Å². The zero-order chi connectivity index (χ0) is 14.5. The van der Waals surface area contributed by atoms with E-state index in [9.17, 15) is 4.39 Å². The smallest absolute Gasteiger partial charge is 0.126 e. The maximum atomic E-state index is 13.9. The second kappa shape index (κ2) is 8.72. The molecule has 2 atom stereocenters. The molecule has 0 aromatic heterocycles. The third kappa shape index (κ3) is 4.41. The van der Waals surface area contributed by atoms with E-state index in [0.29, 0.717) is 12.0 Å². The van der Waals surface area contributed by atoms with E-state index in [2.05, 4.69) is 30.1 Å². The second-order valence-corrected chi connectivity index (χ2v) is 5.95. The van der Waals surface area contributed by atoms with Crippen LogP contribution in [0.15, 0.2) is 18.2 Å². The minimum absolute atomic E-state index is 0. The Hall–Kier alpha value is -0.640. The molecule has 1 heterocycles. The van der Waals surface area contributed by atoms with Crippen molar-refractivity contribution in [1.29, 1.82) is 0 Å². The Morgan fingerprint density at radius 1 is 1.29 bits per heavy atom. The summed E-state index contributed by atoms with van der Waals surface area (Å²) in [6.45, 7) is 10.6. The van der Waals surface area contributed by atoms with Gasteiger partial charge in [0.15, 0.2) is 0 Å². The van der Waals surface area contributed by atoms with Crippen LogP contribution in [-0.2, 0) is 0 Å². The first-order valence-corrected chi connectivity index (χ1v) is 7.85. The van der Waals surface area contributed by atoms with E-state index in [0.717, 1.165) is 31.7 Å². The number of halogens is 2. The molecule has 1 saturated heterocycles. The SMILES string of the molecule is CCCC(C)[C@@H](c1cccc(F)c1C)N1CCNCC1.Cl. The van der Waals surface area contributed by atoms with Gasteiger partial charge in [0.2, 0.25) is 0 Å². The van der Waals surface area contributed by atoms with E-state index in [1.165, 1.54) is 18.4 Å². The average molecular weight is 315 g/mol. The van der Waals surface area contributed by atoms with Crippen molar-refractivity contribution in [3.05, 3.63) is 35.1 Å². The molecule has 1 aliphatic heterocycles. The van der Waals surface area contributed by atoms with Crippen molar-refractivity contribution in [3.63, 3.8) is 0 Å². The molecule has 21 heavy (non-hydrogen) atoms. The first-order valence-electron chi connectivity index (χ1n) is 7.85. The van der Waals surface area contributed by atoms with Crippen molar-refractivity contribution in [2.45, 2.75) is 39.7 Å². The number of piperazine rings is 1. The molecule has 4 heteroatoms. The lowest BCUT2D eigenvalue weighted by Crippen LogP contribution is -2.46. The Kier molecular flexibility index (Phi) is 7.64. The van der Waals surface area contributed by atoms with Gasteiger partial charge in [0.1, 0.15) is 5.82 Å². The van der Waals surface area contributed by atoms with E-state index in [1.807, 2.05) is 13.0 Å². The summed E-state index contributed by atoms with van der Waals surface area (Å²) < 4.78 is 13.9. The fourth-order valence-electron chi connectivity index (χ4n) is 3.38. The number of benzene rings is 1. The Balaban J connectivity index is 0.00000220. The molecule has 0 saturated carbocycles. The van der Waals surface area contributed by atoms with Crippen LogP contribution in [-0.4, -0.2) is 31.1 Å². The Labute approximate surface area is 134 Å². The molecule has 1 fully saturated rings. The second-order valence-electron chi connectivity index (χ2n) is 5.95. The lowest BCUT2D eigenvalue weighted by molar-refractivity contribution is 0.125. The lowest BCUT2D eigenvalue weighted by atomic mass is 9.87. The number of hydrogen-bond donors (Lipinski definition) is 1. The Bertz CT molecular complexity index is 433. The Morgan fingerprint density at radius 2 is 1.95 bits per heavy atom. The molecular formula is C17H28ClFN2. The monoisotopic (exact) mass is 314 g/mol. The lowest BCUT2D eigenvalue weighted by Gasteiger charge is -2.39. The number of hydrogen-bond acceptors (Lipinski definition) is 2. The zero-order valence-electron chi connectivity index (χ0n) is 13.4. The predicted molar refractivity (Wildman–Crippen MR) is 89.6 cm³/mol. The highest BCUT2D eigenvalue weighted by molar-refractivity contribution is 5.85. The number of rotatable bonds is 5. The van der Waals surface area contributed by atoms with Gasteiger partial charge in [-0.3, -0.25) is 4.90 Å². The first-order chi connectivity index (χ1) is 9.65. The van der Waals surface area contributed by atoms with Gasteiger partial charge in [-0.15, -0.1) is 12.4 Å². The van der Waals surface area contributed by atoms with E-state index < -0.39 is 0 Å². The van der Waals surface area contributed by atoms with E-state index in [-0.39, 0.29) is 18.2 Å². The fraction of sp³-hybridized carbons (Fsp3) is 0.647. The summed E-state index contributed by atoms with van der Waals surface area (Å²) in [7, 11) is 0. The summed E-state index contributed by atoms with van der Waals surface area (Å²) in [5.74, 6) is 0.477. The van der Waals surface area contributed by atoms with Gasteiger partial charge in [-0.05, 0) is 36.5 Å². The molecular weight excluding hydrogens is 287 g/mol. The first kappa shape index (κ1) is 18.4. The maximum absolute atomic E-state index is 13.9. The van der Waals surface area contributed by atoms with Crippen molar-refractivity contribution >= 4 is 12.4 Å². The third-order valence-corrected chi connectivity index (χ3v) is 4.46. The standard InChI is InChI=1S/C17H27FN2.ClH/c1-4-6-13(2)17(20-11-9-19-10-12-20)15-7-5-8-16(18)14(15)3;/h5,7-8,13,17,19H,4,6,9-12H2,1-3H3;1H/t13?,17-;/m0./s1. The maximum Gasteiger partial charge on any atom is 0.126 e. The molecule has 0 bridgehead atoms. The molecule has 0 radical (unpaired) electrons. The molecule has 0 spiro atoms. The van der Waals surface area contributed by atoms with Crippen molar-refractivity contribution < 1.29 is 4.39 Å². The largest absolute Gasteiger partial charge is 0.314 e. The van der Waals surface area contributed by atoms with Crippen LogP contribution in [0.5, 0.6) is 0 Å².